The van der Waals surface area contributed by atoms with Crippen molar-refractivity contribution < 1.29 is 5.11 Å². The van der Waals surface area contributed by atoms with Crippen molar-refractivity contribution in [1.82, 2.24) is 25.2 Å². The van der Waals surface area contributed by atoms with Gasteiger partial charge in [-0.15, -0.1) is 0 Å². The molecule has 7 nitrogen and oxygen atoms in total. The number of aryl methyl sites for hydroxylation is 1. The standard InChI is InChI=1S/C22H28N6O/c1-14(2)28-13-25-19-21(24-9-8-16-4-6-18(29)7-5-16)26-20(27-22(19)28)17-10-15(3)11-23-12-17/h4-6,10-14,18,20,24,26,29H,7-9H2,1-3H3. The highest BCUT2D eigenvalue weighted by atomic mass is 16.3. The lowest BCUT2D eigenvalue weighted by Crippen LogP contribution is -2.47. The molecule has 4 rings (SSSR count). The van der Waals surface area contributed by atoms with Crippen LogP contribution in [0.2, 0.25) is 0 Å². The molecule has 3 N–H and O–H groups in total. The first-order valence-corrected chi connectivity index (χ1v) is 10.1. The van der Waals surface area contributed by atoms with Gasteiger partial charge < -0.3 is 20.3 Å². The number of fused-ring (bicyclic) bond motifs is 1. The quantitative estimate of drug-likeness (QED) is 0.691. The number of hydrogen-bond acceptors (Lipinski definition) is 6. The Labute approximate surface area is 170 Å². The Hall–Kier alpha value is -2.93. The number of nitrogens with one attached hydrogen (secondary N) is 2. The molecular formula is C22H28N6O. The van der Waals surface area contributed by atoms with E-state index in [-0.39, 0.29) is 18.3 Å². The summed E-state index contributed by atoms with van der Waals surface area (Å²) >= 11 is 0. The van der Waals surface area contributed by atoms with Crippen LogP contribution in [0, 0.1) is 6.92 Å². The Balaban J connectivity index is 1.60. The molecule has 2 unspecified atom stereocenters. The lowest BCUT2D eigenvalue weighted by Gasteiger charge is -2.23. The normalized spacial score (nSPS) is 20.7. The highest BCUT2D eigenvalue weighted by Gasteiger charge is 2.20. The van der Waals surface area contributed by atoms with Crippen molar-refractivity contribution in [2.75, 3.05) is 6.54 Å². The van der Waals surface area contributed by atoms with Gasteiger partial charge in [-0.05, 0) is 45.2 Å². The van der Waals surface area contributed by atoms with Gasteiger partial charge in [0.25, 0.3) is 0 Å². The summed E-state index contributed by atoms with van der Waals surface area (Å²) in [6.07, 6.45) is 12.5. The van der Waals surface area contributed by atoms with Crippen molar-refractivity contribution in [3.8, 4) is 0 Å². The fraction of sp³-hybridized carbons (Fsp3) is 0.409. The van der Waals surface area contributed by atoms with Gasteiger partial charge in [0.1, 0.15) is 17.3 Å². The Kier molecular flexibility index (Phi) is 5.49. The van der Waals surface area contributed by atoms with Gasteiger partial charge in [-0.3, -0.25) is 4.98 Å². The zero-order chi connectivity index (χ0) is 20.4. The van der Waals surface area contributed by atoms with E-state index in [1.54, 1.807) is 0 Å². The van der Waals surface area contributed by atoms with E-state index in [9.17, 15) is 5.11 Å². The van der Waals surface area contributed by atoms with Crippen LogP contribution in [0.15, 0.2) is 53.6 Å². The number of imidazole rings is 1. The van der Waals surface area contributed by atoms with Crippen molar-refractivity contribution in [3.63, 3.8) is 0 Å². The fourth-order valence-electron chi connectivity index (χ4n) is 3.59. The van der Waals surface area contributed by atoms with Gasteiger partial charge >= 0.3 is 0 Å². The molecule has 0 amide bonds. The van der Waals surface area contributed by atoms with E-state index in [0.29, 0.717) is 6.42 Å². The maximum absolute atomic E-state index is 9.58. The molecule has 2 aromatic heterocycles. The molecule has 0 radical (unpaired) electrons. The smallest absolute Gasteiger partial charge is 0.161 e. The van der Waals surface area contributed by atoms with E-state index >= 15 is 0 Å². The van der Waals surface area contributed by atoms with E-state index in [4.69, 9.17) is 4.99 Å². The number of aliphatic hydroxyl groups is 1. The van der Waals surface area contributed by atoms with Crippen LogP contribution < -0.4 is 21.5 Å². The third-order valence-electron chi connectivity index (χ3n) is 5.17. The summed E-state index contributed by atoms with van der Waals surface area (Å²) in [5.74, 6) is 0.890. The van der Waals surface area contributed by atoms with E-state index in [2.05, 4.69) is 51.2 Å². The second-order valence-corrected chi connectivity index (χ2v) is 7.88. The first-order valence-electron chi connectivity index (χ1n) is 10.1. The van der Waals surface area contributed by atoms with Crippen LogP contribution in [0.5, 0.6) is 0 Å². The van der Waals surface area contributed by atoms with Crippen LogP contribution in [0.1, 0.15) is 50.0 Å². The first kappa shape index (κ1) is 19.4. The number of aromatic nitrogens is 3. The molecule has 2 atom stereocenters. The Morgan fingerprint density at radius 1 is 1.34 bits per heavy atom. The van der Waals surface area contributed by atoms with Crippen molar-refractivity contribution in [3.05, 3.63) is 70.6 Å². The van der Waals surface area contributed by atoms with E-state index in [0.717, 1.165) is 40.8 Å². The number of nitrogens with zero attached hydrogens (tertiary/aromatic N) is 4. The molecule has 1 aliphatic heterocycles. The monoisotopic (exact) mass is 392 g/mol. The van der Waals surface area contributed by atoms with Gasteiger partial charge in [-0.25, -0.2) is 9.98 Å². The van der Waals surface area contributed by atoms with Gasteiger partial charge in [0.05, 0.1) is 12.4 Å². The molecule has 0 saturated heterocycles. The fourth-order valence-corrected chi connectivity index (χ4v) is 3.59. The zero-order valence-corrected chi connectivity index (χ0v) is 17.1. The van der Waals surface area contributed by atoms with Crippen molar-refractivity contribution in [2.45, 2.75) is 51.9 Å². The zero-order valence-electron chi connectivity index (χ0n) is 17.1. The highest BCUT2D eigenvalue weighted by Crippen LogP contribution is 2.17. The van der Waals surface area contributed by atoms with Gasteiger partial charge in [0.15, 0.2) is 5.49 Å². The molecule has 0 aromatic carbocycles. The molecule has 0 saturated carbocycles. The average Bonchev–Trinajstić information content (AvgIpc) is 3.14. The summed E-state index contributed by atoms with van der Waals surface area (Å²) in [4.78, 5) is 13.9. The van der Waals surface area contributed by atoms with Gasteiger partial charge in [0.2, 0.25) is 0 Å². The number of allylic oxidation sites excluding steroid dienone is 1. The Morgan fingerprint density at radius 2 is 2.21 bits per heavy atom. The molecule has 2 aromatic rings. The molecule has 0 spiro atoms. The van der Waals surface area contributed by atoms with Crippen molar-refractivity contribution in [2.24, 2.45) is 4.99 Å². The molecule has 1 aliphatic carbocycles. The van der Waals surface area contributed by atoms with Gasteiger partial charge in [-0.1, -0.05) is 23.8 Å². The van der Waals surface area contributed by atoms with Gasteiger partial charge in [0, 0.05) is 30.5 Å². The highest BCUT2D eigenvalue weighted by molar-refractivity contribution is 5.41. The van der Waals surface area contributed by atoms with Crippen LogP contribution in [-0.2, 0) is 0 Å². The van der Waals surface area contributed by atoms with E-state index < -0.39 is 0 Å². The van der Waals surface area contributed by atoms with E-state index in [1.807, 2.05) is 37.8 Å². The molecule has 152 valence electrons. The summed E-state index contributed by atoms with van der Waals surface area (Å²) in [5, 5.41) is 17.4. The summed E-state index contributed by atoms with van der Waals surface area (Å²) in [7, 11) is 0. The average molecular weight is 393 g/mol. The Bertz CT molecular complexity index is 1070. The minimum atomic E-state index is -0.353. The van der Waals surface area contributed by atoms with Crippen LogP contribution in [0.4, 0.5) is 0 Å². The van der Waals surface area contributed by atoms with E-state index in [1.165, 1.54) is 5.57 Å². The van der Waals surface area contributed by atoms with Crippen LogP contribution >= 0.6 is 0 Å². The minimum absolute atomic E-state index is 0.212. The van der Waals surface area contributed by atoms with Crippen LogP contribution in [-0.4, -0.2) is 32.3 Å². The molecule has 0 fully saturated rings. The lowest BCUT2D eigenvalue weighted by atomic mass is 10.0. The predicted molar refractivity (Wildman–Crippen MR) is 112 cm³/mol. The summed E-state index contributed by atoms with van der Waals surface area (Å²) in [6.45, 7) is 7.06. The first-order chi connectivity index (χ1) is 14.0. The third-order valence-corrected chi connectivity index (χ3v) is 5.17. The van der Waals surface area contributed by atoms with Crippen molar-refractivity contribution in [1.29, 1.82) is 0 Å². The molecule has 0 bridgehead atoms. The molecule has 3 heterocycles. The third kappa shape index (κ3) is 4.24. The SMILES string of the molecule is Cc1cncc(C2N=c3c(ncn3C(C)C)=C(NCCC3=CCC(O)C=C3)N2)c1. The summed E-state index contributed by atoms with van der Waals surface area (Å²) in [6, 6.07) is 2.38. The molecular weight excluding hydrogens is 364 g/mol. The number of aliphatic hydroxyl groups excluding tert-OH is 1. The lowest BCUT2D eigenvalue weighted by molar-refractivity contribution is 0.225. The summed E-state index contributed by atoms with van der Waals surface area (Å²) in [5.41, 5.74) is 4.25. The maximum Gasteiger partial charge on any atom is 0.161 e. The Morgan fingerprint density at radius 3 is 2.93 bits per heavy atom. The summed E-state index contributed by atoms with van der Waals surface area (Å²) < 4.78 is 2.10. The largest absolute Gasteiger partial charge is 0.389 e. The number of pyridine rings is 1. The topological polar surface area (TPSA) is 87.4 Å². The molecule has 29 heavy (non-hydrogen) atoms. The minimum Gasteiger partial charge on any atom is -0.389 e. The molecule has 2 aliphatic rings. The predicted octanol–water partition coefficient (Wildman–Crippen LogP) is 1.38. The van der Waals surface area contributed by atoms with Gasteiger partial charge in [-0.2, -0.15) is 0 Å². The number of rotatable bonds is 6. The second-order valence-electron chi connectivity index (χ2n) is 7.88. The molecule has 7 heteroatoms. The van der Waals surface area contributed by atoms with Crippen molar-refractivity contribution >= 4 is 5.82 Å². The van der Waals surface area contributed by atoms with Crippen LogP contribution in [0.3, 0.4) is 0 Å². The van der Waals surface area contributed by atoms with Crippen LogP contribution in [0.25, 0.3) is 5.82 Å². The second kappa shape index (κ2) is 8.21. The maximum atomic E-state index is 9.58. The number of hydrogen-bond donors (Lipinski definition) is 3.